The maximum Gasteiger partial charge on any atom is 0.223 e. The van der Waals surface area contributed by atoms with E-state index in [2.05, 4.69) is 40.1 Å². The molecule has 2 aliphatic heterocycles. The molecule has 23 heavy (non-hydrogen) atoms. The molecular formula is C20H30N2O. The quantitative estimate of drug-likeness (QED) is 0.832. The van der Waals surface area contributed by atoms with Crippen molar-refractivity contribution in [2.75, 3.05) is 32.7 Å². The van der Waals surface area contributed by atoms with Gasteiger partial charge in [-0.3, -0.25) is 4.79 Å². The largest absolute Gasteiger partial charge is 0.343 e. The van der Waals surface area contributed by atoms with E-state index in [1.165, 1.54) is 37.9 Å². The SMILES string of the molecule is O=C(CCN1CCCCC1)N1CCC(Cc2ccccc2)CC1. The highest BCUT2D eigenvalue weighted by Crippen LogP contribution is 2.22. The molecule has 2 fully saturated rings. The van der Waals surface area contributed by atoms with Gasteiger partial charge in [-0.1, -0.05) is 36.8 Å². The first-order valence-electron chi connectivity index (χ1n) is 9.35. The normalized spacial score (nSPS) is 20.6. The number of amides is 1. The van der Waals surface area contributed by atoms with Crippen molar-refractivity contribution in [2.45, 2.75) is 44.9 Å². The van der Waals surface area contributed by atoms with Gasteiger partial charge in [-0.05, 0) is 56.7 Å². The number of piperidine rings is 2. The van der Waals surface area contributed by atoms with Crippen molar-refractivity contribution < 1.29 is 4.79 Å². The van der Waals surface area contributed by atoms with Crippen LogP contribution in [-0.2, 0) is 11.2 Å². The number of benzene rings is 1. The van der Waals surface area contributed by atoms with Crippen LogP contribution >= 0.6 is 0 Å². The molecule has 0 bridgehead atoms. The van der Waals surface area contributed by atoms with Gasteiger partial charge in [0, 0.05) is 26.1 Å². The lowest BCUT2D eigenvalue weighted by atomic mass is 9.90. The summed E-state index contributed by atoms with van der Waals surface area (Å²) in [6.07, 6.45) is 8.16. The van der Waals surface area contributed by atoms with Crippen LogP contribution in [0.3, 0.4) is 0 Å². The first-order chi connectivity index (χ1) is 11.3. The standard InChI is InChI=1S/C20H30N2O/c23-20(11-14-21-12-5-2-6-13-21)22-15-9-19(10-16-22)17-18-7-3-1-4-8-18/h1,3-4,7-8,19H,2,5-6,9-17H2. The number of hydrogen-bond donors (Lipinski definition) is 0. The Bertz CT molecular complexity index is 474. The number of hydrogen-bond acceptors (Lipinski definition) is 2. The number of likely N-dealkylation sites (tertiary alicyclic amines) is 2. The summed E-state index contributed by atoms with van der Waals surface area (Å²) in [5.74, 6) is 1.11. The van der Waals surface area contributed by atoms with E-state index in [-0.39, 0.29) is 0 Å². The van der Waals surface area contributed by atoms with Crippen molar-refractivity contribution in [3.8, 4) is 0 Å². The molecular weight excluding hydrogens is 284 g/mol. The molecule has 0 unspecified atom stereocenters. The smallest absolute Gasteiger partial charge is 0.223 e. The van der Waals surface area contributed by atoms with E-state index in [9.17, 15) is 4.79 Å². The third-order valence-corrected chi connectivity index (χ3v) is 5.43. The molecule has 126 valence electrons. The maximum atomic E-state index is 12.4. The Morgan fingerprint density at radius 2 is 1.65 bits per heavy atom. The first-order valence-corrected chi connectivity index (χ1v) is 9.35. The van der Waals surface area contributed by atoms with Crippen molar-refractivity contribution >= 4 is 5.91 Å². The van der Waals surface area contributed by atoms with Gasteiger partial charge in [-0.15, -0.1) is 0 Å². The van der Waals surface area contributed by atoms with Crippen LogP contribution in [-0.4, -0.2) is 48.4 Å². The Morgan fingerprint density at radius 3 is 2.35 bits per heavy atom. The monoisotopic (exact) mass is 314 g/mol. The zero-order valence-electron chi connectivity index (χ0n) is 14.3. The Balaban J connectivity index is 1.37. The van der Waals surface area contributed by atoms with Gasteiger partial charge in [0.2, 0.25) is 5.91 Å². The van der Waals surface area contributed by atoms with E-state index in [1.807, 2.05) is 0 Å². The minimum Gasteiger partial charge on any atom is -0.343 e. The first kappa shape index (κ1) is 16.5. The summed E-state index contributed by atoms with van der Waals surface area (Å²) in [6.45, 7) is 5.24. The maximum absolute atomic E-state index is 12.4. The fourth-order valence-electron chi connectivity index (χ4n) is 3.93. The Labute approximate surface area is 140 Å². The number of nitrogens with zero attached hydrogens (tertiary/aromatic N) is 2. The summed E-state index contributed by atoms with van der Waals surface area (Å²) in [5, 5.41) is 0. The molecule has 0 atom stereocenters. The minimum absolute atomic E-state index is 0.369. The van der Waals surface area contributed by atoms with Crippen molar-refractivity contribution in [1.82, 2.24) is 9.80 Å². The molecule has 1 aromatic carbocycles. The third-order valence-electron chi connectivity index (χ3n) is 5.43. The molecule has 0 saturated carbocycles. The molecule has 1 aromatic rings. The number of carbonyl (C=O) groups excluding carboxylic acids is 1. The molecule has 3 rings (SSSR count). The molecule has 0 aromatic heterocycles. The van der Waals surface area contributed by atoms with E-state index < -0.39 is 0 Å². The zero-order chi connectivity index (χ0) is 15.9. The second-order valence-electron chi connectivity index (χ2n) is 7.17. The van der Waals surface area contributed by atoms with Gasteiger partial charge in [0.1, 0.15) is 0 Å². The highest BCUT2D eigenvalue weighted by Gasteiger charge is 2.23. The number of rotatable bonds is 5. The zero-order valence-corrected chi connectivity index (χ0v) is 14.3. The molecule has 0 radical (unpaired) electrons. The lowest BCUT2D eigenvalue weighted by molar-refractivity contribution is -0.133. The van der Waals surface area contributed by atoms with Crippen LogP contribution in [0.2, 0.25) is 0 Å². The molecule has 0 aliphatic carbocycles. The molecule has 3 heteroatoms. The summed E-state index contributed by atoms with van der Waals surface area (Å²) in [7, 11) is 0. The third kappa shape index (κ3) is 5.07. The van der Waals surface area contributed by atoms with E-state index in [4.69, 9.17) is 0 Å². The molecule has 2 heterocycles. The van der Waals surface area contributed by atoms with Crippen LogP contribution in [0, 0.1) is 5.92 Å². The van der Waals surface area contributed by atoms with Gasteiger partial charge in [-0.25, -0.2) is 0 Å². The second-order valence-corrected chi connectivity index (χ2v) is 7.17. The van der Waals surface area contributed by atoms with Gasteiger partial charge in [-0.2, -0.15) is 0 Å². The Kier molecular flexibility index (Phi) is 6.09. The van der Waals surface area contributed by atoms with Gasteiger partial charge < -0.3 is 9.80 Å². The predicted octanol–water partition coefficient (Wildman–Crippen LogP) is 3.34. The topological polar surface area (TPSA) is 23.6 Å². The molecule has 2 saturated heterocycles. The summed E-state index contributed by atoms with van der Waals surface area (Å²) in [5.41, 5.74) is 1.43. The van der Waals surface area contributed by atoms with Gasteiger partial charge in [0.15, 0.2) is 0 Å². The van der Waals surface area contributed by atoms with Gasteiger partial charge in [0.25, 0.3) is 0 Å². The number of carbonyl (C=O) groups is 1. The predicted molar refractivity (Wildman–Crippen MR) is 94.4 cm³/mol. The van der Waals surface area contributed by atoms with E-state index in [0.29, 0.717) is 12.3 Å². The fraction of sp³-hybridized carbons (Fsp3) is 0.650. The lowest BCUT2D eigenvalue weighted by Gasteiger charge is -2.33. The second kappa shape index (κ2) is 8.49. The highest BCUT2D eigenvalue weighted by atomic mass is 16.2. The average Bonchev–Trinajstić information content (AvgIpc) is 2.62. The van der Waals surface area contributed by atoms with E-state index >= 15 is 0 Å². The molecule has 3 nitrogen and oxygen atoms in total. The van der Waals surface area contributed by atoms with Crippen LogP contribution in [0.5, 0.6) is 0 Å². The lowest BCUT2D eigenvalue weighted by Crippen LogP contribution is -2.41. The minimum atomic E-state index is 0.369. The summed E-state index contributed by atoms with van der Waals surface area (Å²) >= 11 is 0. The van der Waals surface area contributed by atoms with Gasteiger partial charge in [0.05, 0.1) is 0 Å². The van der Waals surface area contributed by atoms with Crippen LogP contribution in [0.4, 0.5) is 0 Å². The fourth-order valence-corrected chi connectivity index (χ4v) is 3.93. The Morgan fingerprint density at radius 1 is 0.957 bits per heavy atom. The summed E-state index contributed by atoms with van der Waals surface area (Å²) in [6, 6.07) is 10.8. The van der Waals surface area contributed by atoms with Crippen molar-refractivity contribution in [2.24, 2.45) is 5.92 Å². The molecule has 0 N–H and O–H groups in total. The average molecular weight is 314 g/mol. The van der Waals surface area contributed by atoms with E-state index in [1.54, 1.807) is 0 Å². The van der Waals surface area contributed by atoms with Crippen molar-refractivity contribution in [1.29, 1.82) is 0 Å². The van der Waals surface area contributed by atoms with Crippen LogP contribution in [0.1, 0.15) is 44.1 Å². The van der Waals surface area contributed by atoms with Crippen LogP contribution in [0.15, 0.2) is 30.3 Å². The van der Waals surface area contributed by atoms with Crippen LogP contribution in [0.25, 0.3) is 0 Å². The highest BCUT2D eigenvalue weighted by molar-refractivity contribution is 5.76. The van der Waals surface area contributed by atoms with Crippen molar-refractivity contribution in [3.63, 3.8) is 0 Å². The van der Waals surface area contributed by atoms with Gasteiger partial charge >= 0.3 is 0 Å². The summed E-state index contributed by atoms with van der Waals surface area (Å²) < 4.78 is 0. The Hall–Kier alpha value is -1.35. The van der Waals surface area contributed by atoms with Crippen LogP contribution < -0.4 is 0 Å². The summed E-state index contributed by atoms with van der Waals surface area (Å²) in [4.78, 5) is 17.0. The van der Waals surface area contributed by atoms with E-state index in [0.717, 1.165) is 44.8 Å². The molecule has 2 aliphatic rings. The molecule has 0 spiro atoms. The van der Waals surface area contributed by atoms with Crippen molar-refractivity contribution in [3.05, 3.63) is 35.9 Å². The molecule has 1 amide bonds.